The fourth-order valence-corrected chi connectivity index (χ4v) is 4.75. The normalized spacial score (nSPS) is 23.6. The first-order chi connectivity index (χ1) is 13.8. The van der Waals surface area contributed by atoms with E-state index in [9.17, 15) is 4.79 Å². The van der Waals surface area contributed by atoms with Gasteiger partial charge in [-0.05, 0) is 37.0 Å². The minimum absolute atomic E-state index is 0.0313. The summed E-state index contributed by atoms with van der Waals surface area (Å²) in [5.41, 5.74) is 3.24. The van der Waals surface area contributed by atoms with Gasteiger partial charge in [-0.2, -0.15) is 10.2 Å². The van der Waals surface area contributed by atoms with Crippen LogP contribution in [-0.4, -0.2) is 28.9 Å². The summed E-state index contributed by atoms with van der Waals surface area (Å²) < 4.78 is 5.53. The van der Waals surface area contributed by atoms with Crippen LogP contribution in [0.3, 0.4) is 0 Å². The van der Waals surface area contributed by atoms with E-state index in [4.69, 9.17) is 5.10 Å². The van der Waals surface area contributed by atoms with E-state index < -0.39 is 0 Å². The van der Waals surface area contributed by atoms with Crippen LogP contribution in [0.4, 0.5) is 0 Å². The molecule has 4 heterocycles. The van der Waals surface area contributed by atoms with Crippen LogP contribution in [0.2, 0.25) is 0 Å². The summed E-state index contributed by atoms with van der Waals surface area (Å²) in [6.45, 7) is 0. The molecule has 0 N–H and O–H groups in total. The average Bonchev–Trinajstić information content (AvgIpc) is 3.39. The molecule has 0 radical (unpaired) electrons. The Hall–Kier alpha value is -3.22. The van der Waals surface area contributed by atoms with Crippen molar-refractivity contribution in [3.05, 3.63) is 82.4 Å². The Morgan fingerprint density at radius 3 is 2.71 bits per heavy atom. The Morgan fingerprint density at radius 2 is 1.86 bits per heavy atom. The third-order valence-corrected chi connectivity index (χ3v) is 6.25. The molecule has 1 aliphatic carbocycles. The maximum Gasteiger partial charge on any atom is 0.346 e. The molecule has 0 unspecified atom stereocenters. The molecule has 1 atom stereocenters. The van der Waals surface area contributed by atoms with Gasteiger partial charge in [-0.1, -0.05) is 36.4 Å². The van der Waals surface area contributed by atoms with Crippen LogP contribution < -0.4 is 5.69 Å². The number of aromatic nitrogens is 6. The summed E-state index contributed by atoms with van der Waals surface area (Å²) in [5, 5.41) is 9.04. The second kappa shape index (κ2) is 5.89. The number of pyridine rings is 1. The number of fused-ring (bicyclic) bond motifs is 2. The van der Waals surface area contributed by atoms with Crippen LogP contribution in [0, 0.1) is 0 Å². The highest BCUT2D eigenvalue weighted by Crippen LogP contribution is 2.44. The third-order valence-electron chi connectivity index (χ3n) is 6.25. The first kappa shape index (κ1) is 15.8. The first-order valence-electron chi connectivity index (χ1n) is 9.83. The van der Waals surface area contributed by atoms with E-state index in [0.717, 1.165) is 42.8 Å². The molecule has 1 aliphatic heterocycles. The Bertz CT molecular complexity index is 1210. The van der Waals surface area contributed by atoms with Gasteiger partial charge in [0.25, 0.3) is 0 Å². The Morgan fingerprint density at radius 1 is 1.00 bits per heavy atom. The molecule has 3 aromatic heterocycles. The van der Waals surface area contributed by atoms with E-state index in [1.54, 1.807) is 11.0 Å². The van der Waals surface area contributed by atoms with Crippen molar-refractivity contribution in [1.82, 2.24) is 28.9 Å². The van der Waals surface area contributed by atoms with Crippen molar-refractivity contribution in [1.29, 1.82) is 0 Å². The lowest BCUT2D eigenvalue weighted by Crippen LogP contribution is -2.36. The molecule has 7 heteroatoms. The summed E-state index contributed by atoms with van der Waals surface area (Å²) in [7, 11) is 0. The predicted octanol–water partition coefficient (Wildman–Crippen LogP) is 2.74. The van der Waals surface area contributed by atoms with Gasteiger partial charge in [0.05, 0.1) is 12.1 Å². The summed E-state index contributed by atoms with van der Waals surface area (Å²) in [4.78, 5) is 17.4. The van der Waals surface area contributed by atoms with Gasteiger partial charge in [0.1, 0.15) is 12.2 Å². The van der Waals surface area contributed by atoms with Gasteiger partial charge in [0.2, 0.25) is 0 Å². The first-order valence-corrected chi connectivity index (χ1v) is 9.83. The van der Waals surface area contributed by atoms with Crippen LogP contribution in [0.15, 0.2) is 59.7 Å². The number of rotatable bonds is 3. The van der Waals surface area contributed by atoms with Gasteiger partial charge in [0, 0.05) is 18.0 Å². The van der Waals surface area contributed by atoms with E-state index in [1.165, 1.54) is 5.56 Å². The molecule has 28 heavy (non-hydrogen) atoms. The fourth-order valence-electron chi connectivity index (χ4n) is 4.75. The van der Waals surface area contributed by atoms with E-state index in [2.05, 4.69) is 28.3 Å². The lowest BCUT2D eigenvalue weighted by atomic mass is 9.78. The smallest absolute Gasteiger partial charge is 0.271 e. The molecule has 0 saturated heterocycles. The van der Waals surface area contributed by atoms with Crippen molar-refractivity contribution in [2.24, 2.45) is 0 Å². The molecule has 1 fully saturated rings. The SMILES string of the molecule is O=c1n(C2CC(c3cccc4ncnn34)C2)nc2n1[C@H](c1ccccc1)CC2. The van der Waals surface area contributed by atoms with Crippen molar-refractivity contribution in [3.63, 3.8) is 0 Å². The Labute approximate surface area is 161 Å². The van der Waals surface area contributed by atoms with Gasteiger partial charge in [-0.15, -0.1) is 0 Å². The zero-order chi connectivity index (χ0) is 18.7. The highest BCUT2D eigenvalue weighted by molar-refractivity contribution is 5.38. The van der Waals surface area contributed by atoms with Crippen molar-refractivity contribution in [3.8, 4) is 0 Å². The molecule has 0 amide bonds. The molecular weight excluding hydrogens is 352 g/mol. The highest BCUT2D eigenvalue weighted by atomic mass is 16.2. The van der Waals surface area contributed by atoms with Crippen molar-refractivity contribution < 1.29 is 0 Å². The van der Waals surface area contributed by atoms with E-state index in [-0.39, 0.29) is 17.8 Å². The van der Waals surface area contributed by atoms with E-state index >= 15 is 0 Å². The molecule has 1 aromatic carbocycles. The van der Waals surface area contributed by atoms with Gasteiger partial charge in [-0.3, -0.25) is 4.57 Å². The van der Waals surface area contributed by atoms with Crippen LogP contribution in [0.25, 0.3) is 5.65 Å². The minimum atomic E-state index is 0.0313. The predicted molar refractivity (Wildman–Crippen MR) is 103 cm³/mol. The largest absolute Gasteiger partial charge is 0.346 e. The molecule has 0 spiro atoms. The number of nitrogens with zero attached hydrogens (tertiary/aromatic N) is 6. The molecule has 2 aliphatic rings. The second-order valence-corrected chi connectivity index (χ2v) is 7.78. The molecular formula is C21H20N6O. The molecule has 4 aromatic rings. The zero-order valence-corrected chi connectivity index (χ0v) is 15.3. The zero-order valence-electron chi connectivity index (χ0n) is 15.3. The second-order valence-electron chi connectivity index (χ2n) is 7.78. The highest BCUT2D eigenvalue weighted by Gasteiger charge is 2.38. The van der Waals surface area contributed by atoms with Gasteiger partial charge in [0.15, 0.2) is 5.65 Å². The number of hydrogen-bond donors (Lipinski definition) is 0. The van der Waals surface area contributed by atoms with Gasteiger partial charge < -0.3 is 0 Å². The molecule has 6 rings (SSSR count). The maximum atomic E-state index is 13.1. The van der Waals surface area contributed by atoms with Crippen molar-refractivity contribution in [2.45, 2.75) is 43.7 Å². The standard InChI is InChI=1S/C21H20N6O/c28-21-25-17(14-5-2-1-3-6-14)9-10-20(25)24-26(21)16-11-15(12-16)18-7-4-8-19-22-13-23-27(18)19/h1-8,13,15-17H,9-12H2/t15?,16?,17-/m0/s1. The van der Waals surface area contributed by atoms with E-state index in [1.807, 2.05) is 39.4 Å². The van der Waals surface area contributed by atoms with E-state index in [0.29, 0.717) is 5.92 Å². The minimum Gasteiger partial charge on any atom is -0.271 e. The molecule has 140 valence electrons. The van der Waals surface area contributed by atoms with Crippen LogP contribution >= 0.6 is 0 Å². The number of benzene rings is 1. The lowest BCUT2D eigenvalue weighted by molar-refractivity contribution is 0.231. The topological polar surface area (TPSA) is 70.0 Å². The summed E-state index contributed by atoms with van der Waals surface area (Å²) in [5.74, 6) is 1.30. The monoisotopic (exact) mass is 372 g/mol. The number of aryl methyl sites for hydroxylation is 1. The summed E-state index contributed by atoms with van der Waals surface area (Å²) in [6, 6.07) is 16.6. The lowest BCUT2D eigenvalue weighted by Gasteiger charge is -2.34. The van der Waals surface area contributed by atoms with Crippen molar-refractivity contribution >= 4 is 5.65 Å². The summed E-state index contributed by atoms with van der Waals surface area (Å²) in [6.07, 6.45) is 5.21. The van der Waals surface area contributed by atoms with Gasteiger partial charge in [-0.25, -0.2) is 19.0 Å². The Balaban J connectivity index is 1.28. The van der Waals surface area contributed by atoms with Crippen LogP contribution in [0.1, 0.15) is 54.3 Å². The molecule has 0 bridgehead atoms. The maximum absolute atomic E-state index is 13.1. The molecule has 7 nitrogen and oxygen atoms in total. The van der Waals surface area contributed by atoms with Gasteiger partial charge >= 0.3 is 5.69 Å². The van der Waals surface area contributed by atoms with Crippen LogP contribution in [-0.2, 0) is 6.42 Å². The molecule has 1 saturated carbocycles. The fraction of sp³-hybridized carbons (Fsp3) is 0.333. The average molecular weight is 372 g/mol. The third kappa shape index (κ3) is 2.22. The Kier molecular flexibility index (Phi) is 3.32. The van der Waals surface area contributed by atoms with Crippen molar-refractivity contribution in [2.75, 3.05) is 0 Å². The summed E-state index contributed by atoms with van der Waals surface area (Å²) >= 11 is 0. The number of hydrogen-bond acceptors (Lipinski definition) is 4. The van der Waals surface area contributed by atoms with Crippen LogP contribution in [0.5, 0.6) is 0 Å². The quantitative estimate of drug-likeness (QED) is 0.554.